The van der Waals surface area contributed by atoms with Gasteiger partial charge in [0.2, 0.25) is 0 Å². The Balaban J connectivity index is 0.000000218. The normalized spacial score (nSPS) is 8.00. The summed E-state index contributed by atoms with van der Waals surface area (Å²) in [5.74, 6) is 0. The van der Waals surface area contributed by atoms with Gasteiger partial charge < -0.3 is 5.11 Å². The molecule has 0 amide bonds. The van der Waals surface area contributed by atoms with Crippen LogP contribution in [-0.2, 0) is 4.79 Å². The smallest absolute Gasteiger partial charge is 0.0267 e. The van der Waals surface area contributed by atoms with Crippen LogP contribution in [0, 0.1) is 0 Å². The Bertz CT molecular complexity index is 339. The monoisotopic (exact) mass is 225 g/mol. The number of fused-ring (bicyclic) bond motifs is 1. The quantitative estimate of drug-likeness (QED) is 0.469. The van der Waals surface area contributed by atoms with E-state index < -0.39 is 0 Å². The Kier molecular flexibility index (Phi) is 8.43. The van der Waals surface area contributed by atoms with Crippen molar-refractivity contribution in [2.24, 2.45) is 0 Å². The first-order valence-electron chi connectivity index (χ1n) is 4.41. The second-order valence-corrected chi connectivity index (χ2v) is 2.71. The maximum Gasteiger partial charge on any atom is 0.0267 e. The average Bonchev–Trinajstić information content (AvgIpc) is 2.28. The number of benzene rings is 1. The topological polar surface area (TPSA) is 50.2 Å². The van der Waals surface area contributed by atoms with E-state index in [-0.39, 0.29) is 36.0 Å². The maximum atomic E-state index is 8.36. The van der Waals surface area contributed by atoms with Crippen molar-refractivity contribution in [2.75, 3.05) is 0 Å². The van der Waals surface area contributed by atoms with Crippen LogP contribution in [0.2, 0.25) is 0 Å². The van der Waals surface area contributed by atoms with Crippen molar-refractivity contribution >= 4 is 36.0 Å². The van der Waals surface area contributed by atoms with E-state index in [0.717, 1.165) is 0 Å². The van der Waals surface area contributed by atoms with Crippen LogP contribution in [0.1, 0.15) is 0 Å². The summed E-state index contributed by atoms with van der Waals surface area (Å²) in [5.41, 5.74) is 2.85. The number of hydrogen-bond donors (Lipinski definition) is 1. The van der Waals surface area contributed by atoms with Gasteiger partial charge in [-0.2, -0.15) is 0 Å². The van der Waals surface area contributed by atoms with Crippen molar-refractivity contribution in [3.05, 3.63) is 54.9 Å². The Labute approximate surface area is 116 Å². The summed E-state index contributed by atoms with van der Waals surface area (Å²) in [6, 6.07) is 14.2. The van der Waals surface area contributed by atoms with Gasteiger partial charge in [0.05, 0.1) is 0 Å². The minimum Gasteiger partial charge on any atom is -0.265 e. The summed E-state index contributed by atoms with van der Waals surface area (Å²) >= 11 is 0. The van der Waals surface area contributed by atoms with Crippen LogP contribution in [-0.4, -0.2) is 46.1 Å². The molecule has 0 radical (unpaired) electrons. The Morgan fingerprint density at radius 3 is 1.38 bits per heavy atom. The van der Waals surface area contributed by atoms with E-state index in [1.54, 1.807) is 12.4 Å². The maximum absolute atomic E-state index is 8.36. The molecule has 16 heavy (non-hydrogen) atoms. The molecule has 0 aromatic carbocycles. The van der Waals surface area contributed by atoms with Crippen molar-refractivity contribution < 1.29 is 9.90 Å². The molecule has 3 rings (SSSR count). The molecule has 0 unspecified atom stereocenters. The fourth-order valence-corrected chi connectivity index (χ4v) is 0.975. The molecule has 0 saturated heterocycles. The van der Waals surface area contributed by atoms with Gasteiger partial charge in [0.1, 0.15) is 0 Å². The standard InChI is InChI=1S/C6H4.C5H5N.CH2O2.Na.H/c1-2-6-4-3-5(1)6;1-2-4-6-5-3-1;2-1-3;;/h1-4H;1-5H;1H,(H,2,3);;. The second kappa shape index (κ2) is 9.09. The first-order valence-corrected chi connectivity index (χ1v) is 4.41. The van der Waals surface area contributed by atoms with Crippen molar-refractivity contribution in [1.29, 1.82) is 0 Å². The molecule has 78 valence electrons. The van der Waals surface area contributed by atoms with E-state index in [2.05, 4.69) is 29.2 Å². The molecule has 3 nitrogen and oxygen atoms in total. The number of hydrogen-bond acceptors (Lipinski definition) is 2. The second-order valence-electron chi connectivity index (χ2n) is 2.71. The van der Waals surface area contributed by atoms with Crippen LogP contribution in [0.4, 0.5) is 0 Å². The number of carbonyl (C=O) groups is 1. The third-order valence-electron chi connectivity index (χ3n) is 1.78. The van der Waals surface area contributed by atoms with E-state index in [4.69, 9.17) is 9.90 Å². The predicted octanol–water partition coefficient (Wildman–Crippen LogP) is 1.80. The zero-order valence-electron chi connectivity index (χ0n) is 8.08. The van der Waals surface area contributed by atoms with Crippen molar-refractivity contribution in [2.45, 2.75) is 0 Å². The van der Waals surface area contributed by atoms with E-state index in [9.17, 15) is 0 Å². The molecule has 2 aliphatic carbocycles. The van der Waals surface area contributed by atoms with Gasteiger partial charge in [-0.1, -0.05) is 30.3 Å². The SMILES string of the molecule is O=CO.[NaH].c1cc2ccc1-2.c1ccncc1. The minimum atomic E-state index is -0.250. The van der Waals surface area contributed by atoms with Crippen LogP contribution in [0.15, 0.2) is 54.9 Å². The molecule has 1 heterocycles. The summed E-state index contributed by atoms with van der Waals surface area (Å²) < 4.78 is 0. The zero-order valence-corrected chi connectivity index (χ0v) is 8.08. The average molecular weight is 225 g/mol. The summed E-state index contributed by atoms with van der Waals surface area (Å²) in [6.07, 6.45) is 3.50. The van der Waals surface area contributed by atoms with E-state index in [1.807, 2.05) is 18.2 Å². The summed E-state index contributed by atoms with van der Waals surface area (Å²) in [4.78, 5) is 12.1. The molecule has 2 aliphatic rings. The molecule has 0 atom stereocenters. The molecule has 0 fully saturated rings. The number of pyridine rings is 1. The van der Waals surface area contributed by atoms with E-state index in [0.29, 0.717) is 0 Å². The number of aromatic nitrogens is 1. The number of rotatable bonds is 0. The van der Waals surface area contributed by atoms with Crippen LogP contribution in [0.25, 0.3) is 11.1 Å². The van der Waals surface area contributed by atoms with Crippen molar-refractivity contribution in [3.8, 4) is 11.1 Å². The molecular weight excluding hydrogens is 213 g/mol. The molecule has 1 N–H and O–H groups in total. The summed E-state index contributed by atoms with van der Waals surface area (Å²) in [7, 11) is 0. The van der Waals surface area contributed by atoms with Gasteiger partial charge in [-0.25, -0.2) is 0 Å². The molecule has 0 saturated carbocycles. The van der Waals surface area contributed by atoms with Gasteiger partial charge in [0, 0.05) is 12.4 Å². The van der Waals surface area contributed by atoms with E-state index >= 15 is 0 Å². The van der Waals surface area contributed by atoms with Crippen LogP contribution in [0.3, 0.4) is 0 Å². The Morgan fingerprint density at radius 1 is 0.938 bits per heavy atom. The van der Waals surface area contributed by atoms with Crippen LogP contribution in [0.5, 0.6) is 0 Å². The first-order chi connectivity index (χ1) is 7.38. The Morgan fingerprint density at radius 2 is 1.31 bits per heavy atom. The van der Waals surface area contributed by atoms with Gasteiger partial charge in [-0.15, -0.1) is 0 Å². The summed E-state index contributed by atoms with van der Waals surface area (Å²) in [5, 5.41) is 6.89. The molecule has 1 aromatic rings. The first kappa shape index (κ1) is 14.8. The molecule has 0 aliphatic heterocycles. The van der Waals surface area contributed by atoms with Gasteiger partial charge in [-0.05, 0) is 23.3 Å². The third kappa shape index (κ3) is 5.07. The largest absolute Gasteiger partial charge is 0.265 e. The predicted molar refractivity (Wildman–Crippen MR) is 65.5 cm³/mol. The van der Waals surface area contributed by atoms with Gasteiger partial charge >= 0.3 is 29.6 Å². The van der Waals surface area contributed by atoms with Crippen molar-refractivity contribution in [1.82, 2.24) is 4.98 Å². The molecule has 0 bridgehead atoms. The number of nitrogens with zero attached hydrogens (tertiary/aromatic N) is 1. The molecule has 0 spiro atoms. The van der Waals surface area contributed by atoms with Gasteiger partial charge in [-0.3, -0.25) is 9.78 Å². The molecule has 1 aromatic heterocycles. The van der Waals surface area contributed by atoms with Crippen LogP contribution >= 0.6 is 0 Å². The molecular formula is C12H12NNaO2. The number of carboxylic acid groups (broad SMARTS) is 1. The molecule has 4 heteroatoms. The zero-order chi connectivity index (χ0) is 10.9. The van der Waals surface area contributed by atoms with Crippen LogP contribution < -0.4 is 0 Å². The fourth-order valence-electron chi connectivity index (χ4n) is 0.975. The Hall–Kier alpha value is -1.16. The minimum absolute atomic E-state index is 0. The van der Waals surface area contributed by atoms with Gasteiger partial charge in [0.25, 0.3) is 6.47 Å². The fraction of sp³-hybridized carbons (Fsp3) is 0. The third-order valence-corrected chi connectivity index (χ3v) is 1.78. The van der Waals surface area contributed by atoms with E-state index in [1.165, 1.54) is 11.1 Å². The van der Waals surface area contributed by atoms with Gasteiger partial charge in [0.15, 0.2) is 0 Å². The summed E-state index contributed by atoms with van der Waals surface area (Å²) in [6.45, 7) is -0.250. The van der Waals surface area contributed by atoms with Crippen molar-refractivity contribution in [3.63, 3.8) is 0 Å².